The topological polar surface area (TPSA) is 50.1 Å². The molecular formula is C17H26N6S. The molecular weight excluding hydrogens is 320 g/mol. The molecule has 2 aliphatic heterocycles. The van der Waals surface area contributed by atoms with Crippen LogP contribution in [0.1, 0.15) is 49.7 Å². The highest BCUT2D eigenvalue weighted by Crippen LogP contribution is 2.30. The molecule has 0 aliphatic carbocycles. The number of aromatic nitrogens is 4. The van der Waals surface area contributed by atoms with Crippen LogP contribution in [0.4, 0.5) is 5.13 Å². The second kappa shape index (κ2) is 7.19. The van der Waals surface area contributed by atoms with Crippen molar-refractivity contribution < 1.29 is 0 Å². The van der Waals surface area contributed by atoms with E-state index in [1.807, 2.05) is 6.20 Å². The van der Waals surface area contributed by atoms with Gasteiger partial charge < -0.3 is 9.47 Å². The summed E-state index contributed by atoms with van der Waals surface area (Å²) in [5.74, 6) is 2.81. The Kier molecular flexibility index (Phi) is 4.80. The fourth-order valence-corrected chi connectivity index (χ4v) is 4.58. The Balaban J connectivity index is 1.38. The minimum atomic E-state index is 0.522. The summed E-state index contributed by atoms with van der Waals surface area (Å²) in [6.07, 6.45) is 8.17. The van der Waals surface area contributed by atoms with Crippen molar-refractivity contribution in [2.45, 2.75) is 44.6 Å². The van der Waals surface area contributed by atoms with E-state index in [2.05, 4.69) is 42.0 Å². The van der Waals surface area contributed by atoms with E-state index in [1.165, 1.54) is 38.2 Å². The Morgan fingerprint density at radius 2 is 1.88 bits per heavy atom. The van der Waals surface area contributed by atoms with Gasteiger partial charge in [-0.2, -0.15) is 0 Å². The van der Waals surface area contributed by atoms with Crippen molar-refractivity contribution in [3.63, 3.8) is 0 Å². The van der Waals surface area contributed by atoms with E-state index in [0.717, 1.165) is 43.4 Å². The highest BCUT2D eigenvalue weighted by Gasteiger charge is 2.26. The van der Waals surface area contributed by atoms with Crippen LogP contribution in [0.5, 0.6) is 0 Å². The normalized spacial score (nSPS) is 20.6. The van der Waals surface area contributed by atoms with Gasteiger partial charge in [0.1, 0.15) is 11.6 Å². The lowest BCUT2D eigenvalue weighted by atomic mass is 9.96. The number of hydrogen-bond acceptors (Lipinski definition) is 6. The van der Waals surface area contributed by atoms with Crippen LogP contribution in [0.15, 0.2) is 11.6 Å². The van der Waals surface area contributed by atoms with Gasteiger partial charge in [0.2, 0.25) is 0 Å². The van der Waals surface area contributed by atoms with Crippen molar-refractivity contribution in [2.75, 3.05) is 31.1 Å². The number of nitrogens with zero attached hydrogens (tertiary/aromatic N) is 6. The third kappa shape index (κ3) is 3.32. The lowest BCUT2D eigenvalue weighted by Gasteiger charge is -2.31. The quantitative estimate of drug-likeness (QED) is 0.852. The zero-order valence-corrected chi connectivity index (χ0v) is 15.2. The summed E-state index contributed by atoms with van der Waals surface area (Å²) in [6, 6.07) is 0. The highest BCUT2D eigenvalue weighted by molar-refractivity contribution is 7.13. The van der Waals surface area contributed by atoms with Crippen LogP contribution in [-0.2, 0) is 13.6 Å². The van der Waals surface area contributed by atoms with E-state index >= 15 is 0 Å². The Hall–Kier alpha value is -1.47. The maximum absolute atomic E-state index is 4.55. The molecule has 2 aromatic rings. The minimum absolute atomic E-state index is 0.522. The number of hydrogen-bond donors (Lipinski definition) is 0. The molecule has 0 bridgehead atoms. The van der Waals surface area contributed by atoms with Crippen LogP contribution in [0, 0.1) is 0 Å². The van der Waals surface area contributed by atoms with E-state index in [9.17, 15) is 0 Å². The molecule has 0 radical (unpaired) electrons. The maximum Gasteiger partial charge on any atom is 0.185 e. The van der Waals surface area contributed by atoms with Gasteiger partial charge in [-0.05, 0) is 38.8 Å². The van der Waals surface area contributed by atoms with Crippen molar-refractivity contribution in [1.82, 2.24) is 24.6 Å². The van der Waals surface area contributed by atoms with Crippen molar-refractivity contribution in [1.29, 1.82) is 0 Å². The van der Waals surface area contributed by atoms with Crippen molar-refractivity contribution >= 4 is 16.5 Å². The lowest BCUT2D eigenvalue weighted by molar-refractivity contribution is 0.213. The number of likely N-dealkylation sites (tertiary alicyclic amines) is 1. The molecule has 2 aromatic heterocycles. The van der Waals surface area contributed by atoms with Gasteiger partial charge in [0.25, 0.3) is 0 Å². The van der Waals surface area contributed by atoms with E-state index in [0.29, 0.717) is 5.92 Å². The van der Waals surface area contributed by atoms with Gasteiger partial charge in [-0.15, -0.1) is 21.5 Å². The van der Waals surface area contributed by atoms with Gasteiger partial charge in [-0.3, -0.25) is 4.90 Å². The third-order valence-corrected chi connectivity index (χ3v) is 6.19. The Morgan fingerprint density at radius 3 is 2.58 bits per heavy atom. The van der Waals surface area contributed by atoms with Gasteiger partial charge in [0.05, 0.1) is 6.54 Å². The standard InChI is InChI=1S/C17H26N6S/c1-21-15(13-22-8-3-2-4-9-22)19-20-16(21)14-5-10-23(11-6-14)17-18-7-12-24-17/h7,12,14H,2-6,8-11,13H2,1H3. The van der Waals surface area contributed by atoms with Gasteiger partial charge in [-0.25, -0.2) is 4.98 Å². The Bertz CT molecular complexity index is 638. The second-order valence-corrected chi connectivity index (χ2v) is 7.82. The van der Waals surface area contributed by atoms with Crippen molar-refractivity contribution in [3.8, 4) is 0 Å². The largest absolute Gasteiger partial charge is 0.348 e. The summed E-state index contributed by atoms with van der Waals surface area (Å²) >= 11 is 1.73. The number of rotatable bonds is 4. The molecule has 0 amide bonds. The van der Waals surface area contributed by atoms with Crippen LogP contribution < -0.4 is 4.90 Å². The summed E-state index contributed by atoms with van der Waals surface area (Å²) in [4.78, 5) is 9.34. The average molecular weight is 347 g/mol. The SMILES string of the molecule is Cn1c(CN2CCCCC2)nnc1C1CCN(c2nccs2)CC1. The van der Waals surface area contributed by atoms with Crippen LogP contribution in [0.3, 0.4) is 0 Å². The van der Waals surface area contributed by atoms with Crippen LogP contribution in [-0.4, -0.2) is 50.8 Å². The molecule has 0 saturated carbocycles. The zero-order valence-electron chi connectivity index (χ0n) is 14.4. The fraction of sp³-hybridized carbons (Fsp3) is 0.706. The molecule has 7 heteroatoms. The third-order valence-electron chi connectivity index (χ3n) is 5.36. The first-order chi connectivity index (χ1) is 11.8. The van der Waals surface area contributed by atoms with Crippen LogP contribution in [0.2, 0.25) is 0 Å². The number of anilines is 1. The summed E-state index contributed by atoms with van der Waals surface area (Å²) in [6.45, 7) is 5.48. The molecule has 6 nitrogen and oxygen atoms in total. The first kappa shape index (κ1) is 16.0. The zero-order chi connectivity index (χ0) is 16.4. The summed E-state index contributed by atoms with van der Waals surface area (Å²) in [5.41, 5.74) is 0. The first-order valence-electron chi connectivity index (χ1n) is 9.06. The molecule has 4 heterocycles. The molecule has 0 unspecified atom stereocenters. The van der Waals surface area contributed by atoms with Crippen molar-refractivity contribution in [3.05, 3.63) is 23.2 Å². The molecule has 2 fully saturated rings. The highest BCUT2D eigenvalue weighted by atomic mass is 32.1. The Labute approximate surface area is 147 Å². The molecule has 130 valence electrons. The molecule has 0 N–H and O–H groups in total. The second-order valence-electron chi connectivity index (χ2n) is 6.95. The van der Waals surface area contributed by atoms with E-state index in [-0.39, 0.29) is 0 Å². The summed E-state index contributed by atoms with van der Waals surface area (Å²) < 4.78 is 2.25. The van der Waals surface area contributed by atoms with E-state index in [1.54, 1.807) is 11.3 Å². The monoisotopic (exact) mass is 346 g/mol. The molecule has 0 atom stereocenters. The maximum atomic E-state index is 4.55. The number of thiazole rings is 1. The molecule has 4 rings (SSSR count). The average Bonchev–Trinajstić information content (AvgIpc) is 3.27. The molecule has 2 aliphatic rings. The van der Waals surface area contributed by atoms with Crippen LogP contribution in [0.25, 0.3) is 0 Å². The van der Waals surface area contributed by atoms with Gasteiger partial charge in [0, 0.05) is 37.6 Å². The smallest absolute Gasteiger partial charge is 0.185 e. The summed E-state index contributed by atoms with van der Waals surface area (Å²) in [7, 11) is 2.14. The Morgan fingerprint density at radius 1 is 1.08 bits per heavy atom. The molecule has 2 saturated heterocycles. The predicted molar refractivity (Wildman–Crippen MR) is 96.4 cm³/mol. The summed E-state index contributed by atoms with van der Waals surface area (Å²) in [5, 5.41) is 12.3. The van der Waals surface area contributed by atoms with E-state index in [4.69, 9.17) is 0 Å². The van der Waals surface area contributed by atoms with Gasteiger partial charge in [0.15, 0.2) is 5.13 Å². The van der Waals surface area contributed by atoms with Gasteiger partial charge in [-0.1, -0.05) is 6.42 Å². The molecule has 24 heavy (non-hydrogen) atoms. The lowest BCUT2D eigenvalue weighted by Crippen LogP contribution is -2.33. The predicted octanol–water partition coefficient (Wildman–Crippen LogP) is 2.64. The molecule has 0 spiro atoms. The number of piperidine rings is 2. The van der Waals surface area contributed by atoms with Gasteiger partial charge >= 0.3 is 0 Å². The first-order valence-corrected chi connectivity index (χ1v) is 9.94. The fourth-order valence-electron chi connectivity index (χ4n) is 3.89. The van der Waals surface area contributed by atoms with Crippen molar-refractivity contribution in [2.24, 2.45) is 7.05 Å². The molecule has 0 aromatic carbocycles. The van der Waals surface area contributed by atoms with Crippen LogP contribution >= 0.6 is 11.3 Å². The van der Waals surface area contributed by atoms with E-state index < -0.39 is 0 Å². The minimum Gasteiger partial charge on any atom is -0.348 e.